The Bertz CT molecular complexity index is 829. The lowest BCUT2D eigenvalue weighted by molar-refractivity contribution is 0.0600. The van der Waals surface area contributed by atoms with E-state index in [1.54, 1.807) is 41.1 Å². The zero-order valence-electron chi connectivity index (χ0n) is 11.8. The molecule has 5 nitrogen and oxygen atoms in total. The minimum Gasteiger partial charge on any atom is -0.487 e. The first-order chi connectivity index (χ1) is 10.7. The third kappa shape index (κ3) is 2.76. The van der Waals surface area contributed by atoms with Gasteiger partial charge >= 0.3 is 5.97 Å². The van der Waals surface area contributed by atoms with Crippen LogP contribution in [-0.4, -0.2) is 22.5 Å². The van der Waals surface area contributed by atoms with Gasteiger partial charge in [0, 0.05) is 12.3 Å². The number of esters is 1. The smallest absolute Gasteiger partial charge is 0.338 e. The molecule has 0 N–H and O–H groups in total. The third-order valence-electron chi connectivity index (χ3n) is 3.19. The number of aromatic nitrogens is 2. The number of rotatable bonds is 4. The highest BCUT2D eigenvalue weighted by Gasteiger charge is 2.09. The summed E-state index contributed by atoms with van der Waals surface area (Å²) in [6.45, 7) is 0.238. The fourth-order valence-electron chi connectivity index (χ4n) is 2.10. The van der Waals surface area contributed by atoms with E-state index in [0.717, 1.165) is 5.69 Å². The summed E-state index contributed by atoms with van der Waals surface area (Å²) >= 11 is 0. The number of carbonyl (C=O) groups is 1. The van der Waals surface area contributed by atoms with Crippen molar-refractivity contribution >= 4 is 11.6 Å². The molecule has 22 heavy (non-hydrogen) atoms. The Balaban J connectivity index is 1.81. The van der Waals surface area contributed by atoms with Crippen LogP contribution in [0.25, 0.3) is 5.65 Å². The number of ether oxygens (including phenoxy) is 2. The highest BCUT2D eigenvalue weighted by molar-refractivity contribution is 5.90. The van der Waals surface area contributed by atoms with Crippen molar-refractivity contribution in [3.05, 3.63) is 65.9 Å². The van der Waals surface area contributed by atoms with Crippen molar-refractivity contribution in [2.45, 2.75) is 6.61 Å². The predicted molar refractivity (Wildman–Crippen MR) is 77.3 cm³/mol. The summed E-state index contributed by atoms with van der Waals surface area (Å²) in [6.07, 6.45) is 3.37. The van der Waals surface area contributed by atoms with Gasteiger partial charge in [-0.2, -0.15) is 0 Å². The van der Waals surface area contributed by atoms with E-state index in [1.807, 2.05) is 0 Å². The molecule has 0 saturated carbocycles. The minimum absolute atomic E-state index is 0.238. The van der Waals surface area contributed by atoms with Gasteiger partial charge < -0.3 is 13.9 Å². The van der Waals surface area contributed by atoms with Crippen LogP contribution in [0.4, 0.5) is 4.39 Å². The molecule has 0 radical (unpaired) electrons. The maximum atomic E-state index is 13.1. The monoisotopic (exact) mass is 300 g/mol. The topological polar surface area (TPSA) is 52.8 Å². The van der Waals surface area contributed by atoms with Crippen molar-refractivity contribution < 1.29 is 18.7 Å². The van der Waals surface area contributed by atoms with Gasteiger partial charge in [-0.1, -0.05) is 6.07 Å². The first-order valence-electron chi connectivity index (χ1n) is 6.60. The molecule has 0 aliphatic carbocycles. The molecule has 0 saturated heterocycles. The van der Waals surface area contributed by atoms with Crippen molar-refractivity contribution in [2.75, 3.05) is 7.11 Å². The van der Waals surface area contributed by atoms with Gasteiger partial charge in [-0.25, -0.2) is 14.2 Å². The summed E-state index contributed by atoms with van der Waals surface area (Å²) in [5.41, 5.74) is 1.83. The number of hydrogen-bond acceptors (Lipinski definition) is 4. The van der Waals surface area contributed by atoms with Crippen LogP contribution in [-0.2, 0) is 11.3 Å². The fourth-order valence-corrected chi connectivity index (χ4v) is 2.10. The zero-order chi connectivity index (χ0) is 15.5. The molecule has 3 aromatic rings. The lowest BCUT2D eigenvalue weighted by atomic mass is 10.2. The molecule has 0 unspecified atom stereocenters. The van der Waals surface area contributed by atoms with Crippen molar-refractivity contribution in [3.63, 3.8) is 0 Å². The van der Waals surface area contributed by atoms with E-state index in [0.29, 0.717) is 17.0 Å². The first-order valence-corrected chi connectivity index (χ1v) is 6.60. The molecule has 1 aromatic carbocycles. The van der Waals surface area contributed by atoms with Crippen LogP contribution in [0.3, 0.4) is 0 Å². The fraction of sp³-hybridized carbons (Fsp3) is 0.125. The second-order valence-corrected chi connectivity index (χ2v) is 4.63. The van der Waals surface area contributed by atoms with E-state index >= 15 is 0 Å². The van der Waals surface area contributed by atoms with Crippen LogP contribution in [0.2, 0.25) is 0 Å². The van der Waals surface area contributed by atoms with Gasteiger partial charge in [0.15, 0.2) is 0 Å². The number of pyridine rings is 1. The molecule has 0 fully saturated rings. The standard InChI is InChI=1S/C16H13FN2O3/c1-21-16(20)11-5-6-19-13(9-18-15(19)7-11)10-22-14-4-2-3-12(17)8-14/h2-9H,10H2,1H3. The predicted octanol–water partition coefficient (Wildman–Crippen LogP) is 2.84. The van der Waals surface area contributed by atoms with Gasteiger partial charge in [-0.05, 0) is 24.3 Å². The van der Waals surface area contributed by atoms with Gasteiger partial charge in [0.25, 0.3) is 0 Å². The second kappa shape index (κ2) is 5.85. The largest absolute Gasteiger partial charge is 0.487 e. The van der Waals surface area contributed by atoms with E-state index in [4.69, 9.17) is 4.74 Å². The molecule has 0 spiro atoms. The second-order valence-electron chi connectivity index (χ2n) is 4.63. The van der Waals surface area contributed by atoms with Crippen molar-refractivity contribution in [1.82, 2.24) is 9.38 Å². The Morgan fingerprint density at radius 3 is 2.95 bits per heavy atom. The Morgan fingerprint density at radius 2 is 2.18 bits per heavy atom. The average Bonchev–Trinajstić information content (AvgIpc) is 2.94. The number of benzene rings is 1. The van der Waals surface area contributed by atoms with Crippen molar-refractivity contribution in [1.29, 1.82) is 0 Å². The molecule has 112 valence electrons. The Kier molecular flexibility index (Phi) is 3.74. The summed E-state index contributed by atoms with van der Waals surface area (Å²) in [4.78, 5) is 15.7. The third-order valence-corrected chi connectivity index (χ3v) is 3.19. The number of methoxy groups -OCH3 is 1. The maximum absolute atomic E-state index is 13.1. The molecule has 0 aliphatic heterocycles. The highest BCUT2D eigenvalue weighted by Crippen LogP contribution is 2.16. The summed E-state index contributed by atoms with van der Waals surface area (Å²) in [5, 5.41) is 0. The lowest BCUT2D eigenvalue weighted by Crippen LogP contribution is -2.03. The first kappa shape index (κ1) is 14.1. The zero-order valence-corrected chi connectivity index (χ0v) is 11.8. The number of halogens is 1. The summed E-state index contributed by atoms with van der Waals surface area (Å²) in [7, 11) is 1.33. The van der Waals surface area contributed by atoms with E-state index in [9.17, 15) is 9.18 Å². The highest BCUT2D eigenvalue weighted by atomic mass is 19.1. The normalized spacial score (nSPS) is 10.6. The van der Waals surface area contributed by atoms with Gasteiger partial charge in [0.1, 0.15) is 23.8 Å². The number of imidazole rings is 1. The molecule has 2 aromatic heterocycles. The number of fused-ring (bicyclic) bond motifs is 1. The number of carbonyl (C=O) groups excluding carboxylic acids is 1. The van der Waals surface area contributed by atoms with Crippen molar-refractivity contribution in [2.24, 2.45) is 0 Å². The number of nitrogens with zero attached hydrogens (tertiary/aromatic N) is 2. The molecular formula is C16H13FN2O3. The summed E-state index contributed by atoms with van der Waals surface area (Å²) in [5.74, 6) is -0.317. The quantitative estimate of drug-likeness (QED) is 0.695. The van der Waals surface area contributed by atoms with E-state index in [2.05, 4.69) is 9.72 Å². The summed E-state index contributed by atoms with van der Waals surface area (Å²) < 4.78 is 25.1. The van der Waals surface area contributed by atoms with Gasteiger partial charge in [-0.15, -0.1) is 0 Å². The lowest BCUT2D eigenvalue weighted by Gasteiger charge is -2.06. The van der Waals surface area contributed by atoms with Gasteiger partial charge in [0.2, 0.25) is 0 Å². The van der Waals surface area contributed by atoms with Gasteiger partial charge in [-0.3, -0.25) is 0 Å². The minimum atomic E-state index is -0.414. The molecule has 2 heterocycles. The molecule has 0 aliphatic rings. The SMILES string of the molecule is COC(=O)c1ccn2c(COc3cccc(F)c3)cnc2c1. The van der Waals surface area contributed by atoms with E-state index in [1.165, 1.54) is 19.2 Å². The molecular weight excluding hydrogens is 287 g/mol. The Morgan fingerprint density at radius 1 is 1.32 bits per heavy atom. The van der Waals surface area contributed by atoms with Crippen LogP contribution in [0, 0.1) is 5.82 Å². The average molecular weight is 300 g/mol. The van der Waals surface area contributed by atoms with Crippen LogP contribution in [0.5, 0.6) is 5.75 Å². The van der Waals surface area contributed by atoms with Crippen LogP contribution < -0.4 is 4.74 Å². The van der Waals surface area contributed by atoms with Gasteiger partial charge in [0.05, 0.1) is 24.6 Å². The number of hydrogen-bond donors (Lipinski definition) is 0. The van der Waals surface area contributed by atoms with Crippen LogP contribution >= 0.6 is 0 Å². The van der Waals surface area contributed by atoms with E-state index < -0.39 is 5.97 Å². The van der Waals surface area contributed by atoms with Crippen LogP contribution in [0.1, 0.15) is 16.1 Å². The summed E-state index contributed by atoms with van der Waals surface area (Å²) in [6, 6.07) is 9.22. The van der Waals surface area contributed by atoms with Crippen molar-refractivity contribution in [3.8, 4) is 5.75 Å². The molecule has 0 atom stereocenters. The molecule has 0 amide bonds. The van der Waals surface area contributed by atoms with Crippen LogP contribution in [0.15, 0.2) is 48.8 Å². The van der Waals surface area contributed by atoms with E-state index in [-0.39, 0.29) is 12.4 Å². The maximum Gasteiger partial charge on any atom is 0.338 e. The molecule has 0 bridgehead atoms. The molecule has 6 heteroatoms. The Hall–Kier alpha value is -2.89. The Labute approximate surface area is 125 Å². The molecule has 3 rings (SSSR count).